The minimum Gasteiger partial charge on any atom is -0.388 e. The van der Waals surface area contributed by atoms with Crippen LogP contribution in [0.3, 0.4) is 0 Å². The van der Waals surface area contributed by atoms with Crippen LogP contribution in [0.2, 0.25) is 0 Å². The van der Waals surface area contributed by atoms with Crippen molar-refractivity contribution in [2.24, 2.45) is 5.92 Å². The molecular formula is C13H14F4O. The van der Waals surface area contributed by atoms with E-state index in [2.05, 4.69) is 0 Å². The van der Waals surface area contributed by atoms with Gasteiger partial charge in [0, 0.05) is 18.4 Å². The zero-order valence-electron chi connectivity index (χ0n) is 9.67. The molecule has 0 aliphatic heterocycles. The minimum absolute atomic E-state index is 0.0377. The van der Waals surface area contributed by atoms with Gasteiger partial charge < -0.3 is 5.11 Å². The molecule has 1 saturated carbocycles. The largest absolute Gasteiger partial charge is 0.388 e. The topological polar surface area (TPSA) is 20.2 Å². The van der Waals surface area contributed by atoms with E-state index in [0.29, 0.717) is 6.42 Å². The van der Waals surface area contributed by atoms with Crippen LogP contribution in [-0.4, -0.2) is 11.0 Å². The molecule has 0 bridgehead atoms. The summed E-state index contributed by atoms with van der Waals surface area (Å²) in [5.41, 5.74) is -0.162. The maximum Gasteiger partial charge on any atom is 0.248 e. The highest BCUT2D eigenvalue weighted by Gasteiger charge is 2.40. The molecule has 2 atom stereocenters. The Morgan fingerprint density at radius 1 is 1.33 bits per heavy atom. The third kappa shape index (κ3) is 3.02. The lowest BCUT2D eigenvalue weighted by Crippen LogP contribution is -2.12. The zero-order valence-corrected chi connectivity index (χ0v) is 9.67. The number of aliphatic hydroxyl groups excluding tert-OH is 1. The number of rotatable bonds is 3. The molecule has 1 aromatic rings. The predicted molar refractivity (Wildman–Crippen MR) is 58.2 cm³/mol. The lowest BCUT2D eigenvalue weighted by molar-refractivity contribution is 0.00248. The van der Waals surface area contributed by atoms with Gasteiger partial charge in [-0.25, -0.2) is 17.6 Å². The van der Waals surface area contributed by atoms with Gasteiger partial charge in [0.1, 0.15) is 11.6 Å². The second-order valence-electron chi connectivity index (χ2n) is 4.88. The minimum atomic E-state index is -2.69. The Kier molecular flexibility index (Phi) is 3.61. The van der Waals surface area contributed by atoms with E-state index in [-0.39, 0.29) is 30.7 Å². The van der Waals surface area contributed by atoms with Crippen molar-refractivity contribution in [3.05, 3.63) is 35.4 Å². The number of aliphatic hydroxyl groups is 1. The van der Waals surface area contributed by atoms with Crippen LogP contribution in [-0.2, 0) is 0 Å². The lowest BCUT2D eigenvalue weighted by atomic mass is 9.95. The first-order valence-electron chi connectivity index (χ1n) is 5.88. The molecule has 0 radical (unpaired) electrons. The van der Waals surface area contributed by atoms with Crippen LogP contribution in [0.1, 0.15) is 37.4 Å². The fourth-order valence-electron chi connectivity index (χ4n) is 2.46. The maximum absolute atomic E-state index is 13.4. The molecular weight excluding hydrogens is 248 g/mol. The second-order valence-corrected chi connectivity index (χ2v) is 4.88. The Balaban J connectivity index is 2.04. The summed E-state index contributed by atoms with van der Waals surface area (Å²) >= 11 is 0. The van der Waals surface area contributed by atoms with E-state index in [1.807, 2.05) is 0 Å². The molecule has 0 aromatic heterocycles. The van der Waals surface area contributed by atoms with Crippen LogP contribution >= 0.6 is 0 Å². The smallest absolute Gasteiger partial charge is 0.248 e. The molecule has 1 nitrogen and oxygen atoms in total. The molecule has 0 saturated heterocycles. The standard InChI is InChI=1S/C13H14F4O/c14-9-1-2-11(15)10(6-9)12(18)5-8-3-4-13(16,17)7-8/h1-2,6,8,12,18H,3-5,7H2. The van der Waals surface area contributed by atoms with Crippen molar-refractivity contribution in [2.75, 3.05) is 0 Å². The predicted octanol–water partition coefficient (Wildman–Crippen LogP) is 3.82. The van der Waals surface area contributed by atoms with Crippen molar-refractivity contribution in [1.29, 1.82) is 0 Å². The normalized spacial score (nSPS) is 24.2. The van der Waals surface area contributed by atoms with Crippen molar-refractivity contribution >= 4 is 0 Å². The second kappa shape index (κ2) is 4.88. The van der Waals surface area contributed by atoms with E-state index >= 15 is 0 Å². The third-order valence-corrected chi connectivity index (χ3v) is 3.38. The van der Waals surface area contributed by atoms with Crippen LogP contribution in [0, 0.1) is 17.6 Å². The summed E-state index contributed by atoms with van der Waals surface area (Å²) in [6.07, 6.45) is -1.38. The number of halogens is 4. The highest BCUT2D eigenvalue weighted by atomic mass is 19.3. The summed E-state index contributed by atoms with van der Waals surface area (Å²) < 4.78 is 52.3. The Morgan fingerprint density at radius 3 is 2.67 bits per heavy atom. The van der Waals surface area contributed by atoms with Gasteiger partial charge in [0.15, 0.2) is 0 Å². The molecule has 2 rings (SSSR count). The fraction of sp³-hybridized carbons (Fsp3) is 0.538. The first-order chi connectivity index (χ1) is 8.37. The molecule has 0 spiro atoms. The first kappa shape index (κ1) is 13.3. The maximum atomic E-state index is 13.4. The van der Waals surface area contributed by atoms with Crippen LogP contribution in [0.4, 0.5) is 17.6 Å². The summed E-state index contributed by atoms with van der Waals surface area (Å²) in [5.74, 6) is -4.40. The molecule has 100 valence electrons. The number of benzene rings is 1. The molecule has 5 heteroatoms. The number of alkyl halides is 2. The Labute approximate surface area is 102 Å². The van der Waals surface area contributed by atoms with Crippen LogP contribution in [0.25, 0.3) is 0 Å². The number of hydrogen-bond donors (Lipinski definition) is 1. The first-order valence-corrected chi connectivity index (χ1v) is 5.88. The Bertz CT molecular complexity index is 433. The molecule has 1 aliphatic carbocycles. The van der Waals surface area contributed by atoms with E-state index < -0.39 is 23.7 Å². The Hall–Kier alpha value is -1.10. The fourth-order valence-corrected chi connectivity index (χ4v) is 2.46. The summed E-state index contributed by atoms with van der Waals surface area (Å²) in [4.78, 5) is 0. The molecule has 18 heavy (non-hydrogen) atoms. The van der Waals surface area contributed by atoms with E-state index in [1.165, 1.54) is 0 Å². The molecule has 2 unspecified atom stereocenters. The zero-order chi connectivity index (χ0) is 13.3. The molecule has 1 fully saturated rings. The summed E-state index contributed by atoms with van der Waals surface area (Å²) in [6, 6.07) is 2.79. The quantitative estimate of drug-likeness (QED) is 0.821. The van der Waals surface area contributed by atoms with E-state index in [4.69, 9.17) is 0 Å². The van der Waals surface area contributed by atoms with Crippen molar-refractivity contribution in [3.63, 3.8) is 0 Å². The average Bonchev–Trinajstić information content (AvgIpc) is 2.61. The highest BCUT2D eigenvalue weighted by Crippen LogP contribution is 2.42. The average molecular weight is 262 g/mol. The van der Waals surface area contributed by atoms with Crippen LogP contribution in [0.5, 0.6) is 0 Å². The van der Waals surface area contributed by atoms with Gasteiger partial charge >= 0.3 is 0 Å². The Morgan fingerprint density at radius 2 is 2.06 bits per heavy atom. The van der Waals surface area contributed by atoms with E-state index in [0.717, 1.165) is 18.2 Å². The van der Waals surface area contributed by atoms with Crippen molar-refractivity contribution in [3.8, 4) is 0 Å². The van der Waals surface area contributed by atoms with Crippen molar-refractivity contribution < 1.29 is 22.7 Å². The monoisotopic (exact) mass is 262 g/mol. The van der Waals surface area contributed by atoms with Gasteiger partial charge in [-0.15, -0.1) is 0 Å². The van der Waals surface area contributed by atoms with Gasteiger partial charge in [0.25, 0.3) is 0 Å². The summed E-state index contributed by atoms with van der Waals surface area (Å²) in [5, 5.41) is 9.80. The van der Waals surface area contributed by atoms with Gasteiger partial charge in [0.2, 0.25) is 5.92 Å². The van der Waals surface area contributed by atoms with Crippen LogP contribution in [0.15, 0.2) is 18.2 Å². The van der Waals surface area contributed by atoms with Crippen LogP contribution < -0.4 is 0 Å². The lowest BCUT2D eigenvalue weighted by Gasteiger charge is -2.16. The molecule has 0 amide bonds. The van der Waals surface area contributed by atoms with Gasteiger partial charge in [-0.2, -0.15) is 0 Å². The highest BCUT2D eigenvalue weighted by molar-refractivity contribution is 5.21. The van der Waals surface area contributed by atoms with E-state index in [1.54, 1.807) is 0 Å². The molecule has 1 aromatic carbocycles. The van der Waals surface area contributed by atoms with Gasteiger partial charge in [-0.05, 0) is 37.0 Å². The van der Waals surface area contributed by atoms with Gasteiger partial charge in [0.05, 0.1) is 6.10 Å². The number of hydrogen-bond acceptors (Lipinski definition) is 1. The SMILES string of the molecule is OC(CC1CCC(F)(F)C1)c1cc(F)ccc1F. The van der Waals surface area contributed by atoms with Crippen molar-refractivity contribution in [2.45, 2.75) is 37.7 Å². The summed E-state index contributed by atoms with van der Waals surface area (Å²) in [7, 11) is 0. The summed E-state index contributed by atoms with van der Waals surface area (Å²) in [6.45, 7) is 0. The third-order valence-electron chi connectivity index (χ3n) is 3.38. The molecule has 0 heterocycles. The van der Waals surface area contributed by atoms with E-state index in [9.17, 15) is 22.7 Å². The molecule has 1 aliphatic rings. The van der Waals surface area contributed by atoms with Gasteiger partial charge in [-0.3, -0.25) is 0 Å². The molecule has 1 N–H and O–H groups in total. The van der Waals surface area contributed by atoms with Crippen molar-refractivity contribution in [1.82, 2.24) is 0 Å². The van der Waals surface area contributed by atoms with Gasteiger partial charge in [-0.1, -0.05) is 0 Å².